The zero-order chi connectivity index (χ0) is 11.1. The van der Waals surface area contributed by atoms with Crippen LogP contribution < -0.4 is 5.73 Å². The predicted molar refractivity (Wildman–Crippen MR) is 67.0 cm³/mol. The Morgan fingerprint density at radius 1 is 1.56 bits per heavy atom. The lowest BCUT2D eigenvalue weighted by Gasteiger charge is -2.23. The van der Waals surface area contributed by atoms with Crippen LogP contribution in [0.5, 0.6) is 0 Å². The quantitative estimate of drug-likeness (QED) is 0.849. The molecule has 2 N–H and O–H groups in total. The Hall–Kier alpha value is -1.00. The molecule has 3 nitrogen and oxygen atoms in total. The molecule has 0 amide bonds. The van der Waals surface area contributed by atoms with E-state index >= 15 is 0 Å². The summed E-state index contributed by atoms with van der Waals surface area (Å²) in [7, 11) is 0. The van der Waals surface area contributed by atoms with Crippen LogP contribution in [0.15, 0.2) is 17.6 Å². The molecular weight excluding hydrogens is 242 g/mol. The average molecular weight is 254 g/mol. The third-order valence-corrected chi connectivity index (χ3v) is 4.39. The largest absolute Gasteiger partial charge is 0.383 e. The highest BCUT2D eigenvalue weighted by Crippen LogP contribution is 2.37. The van der Waals surface area contributed by atoms with Gasteiger partial charge in [-0.15, -0.1) is 11.3 Å². The summed E-state index contributed by atoms with van der Waals surface area (Å²) in [5, 5.41) is 6.97. The van der Waals surface area contributed by atoms with Crippen molar-refractivity contribution < 1.29 is 0 Å². The molecule has 0 aromatic carbocycles. The number of anilines is 1. The fourth-order valence-electron chi connectivity index (χ4n) is 2.32. The Bertz CT molecular complexity index is 517. The van der Waals surface area contributed by atoms with Crippen LogP contribution in [0.2, 0.25) is 5.02 Å². The Morgan fingerprint density at radius 2 is 2.44 bits per heavy atom. The molecule has 0 bridgehead atoms. The normalized spacial score (nSPS) is 19.7. The van der Waals surface area contributed by atoms with Gasteiger partial charge in [-0.2, -0.15) is 5.10 Å². The first kappa shape index (κ1) is 10.2. The number of thiophene rings is 1. The minimum absolute atomic E-state index is 0.266. The second kappa shape index (κ2) is 3.79. The fraction of sp³-hybridized carbons (Fsp3) is 0.364. The van der Waals surface area contributed by atoms with Crippen LogP contribution in [0.25, 0.3) is 0 Å². The maximum Gasteiger partial charge on any atom is 0.141 e. The molecule has 0 spiro atoms. The van der Waals surface area contributed by atoms with Crippen molar-refractivity contribution in [2.45, 2.75) is 25.3 Å². The predicted octanol–water partition coefficient (Wildman–Crippen LogP) is 3.11. The molecule has 5 heteroatoms. The minimum Gasteiger partial charge on any atom is -0.383 e. The summed E-state index contributed by atoms with van der Waals surface area (Å²) in [5.41, 5.74) is 7.29. The number of halogens is 1. The molecule has 1 unspecified atom stereocenters. The molecule has 1 aliphatic carbocycles. The van der Waals surface area contributed by atoms with Crippen LogP contribution in [0.3, 0.4) is 0 Å². The Labute approximate surface area is 103 Å². The third kappa shape index (κ3) is 1.44. The lowest BCUT2D eigenvalue weighted by Crippen LogP contribution is -2.18. The molecule has 2 aromatic rings. The number of aryl methyl sites for hydroxylation is 1. The molecule has 3 rings (SSSR count). The van der Waals surface area contributed by atoms with Gasteiger partial charge in [0.1, 0.15) is 10.8 Å². The summed E-state index contributed by atoms with van der Waals surface area (Å²) in [5.74, 6) is 0.575. The van der Waals surface area contributed by atoms with E-state index in [-0.39, 0.29) is 6.04 Å². The zero-order valence-electron chi connectivity index (χ0n) is 8.69. The molecule has 0 saturated carbocycles. The van der Waals surface area contributed by atoms with Gasteiger partial charge >= 0.3 is 0 Å². The number of hydrogen-bond donors (Lipinski definition) is 1. The van der Waals surface area contributed by atoms with Gasteiger partial charge in [0.15, 0.2) is 0 Å². The lowest BCUT2D eigenvalue weighted by atomic mass is 9.94. The third-order valence-electron chi connectivity index (χ3n) is 3.10. The monoisotopic (exact) mass is 253 g/mol. The van der Waals surface area contributed by atoms with Gasteiger partial charge in [0.25, 0.3) is 0 Å². The fourth-order valence-corrected chi connectivity index (χ4v) is 3.43. The summed E-state index contributed by atoms with van der Waals surface area (Å²) in [6.45, 7) is 0. The summed E-state index contributed by atoms with van der Waals surface area (Å²) in [6, 6.07) is 2.45. The maximum atomic E-state index is 5.94. The van der Waals surface area contributed by atoms with Gasteiger partial charge in [0.05, 0.1) is 12.2 Å². The summed E-state index contributed by atoms with van der Waals surface area (Å²) < 4.78 is 1.85. The standard InChI is InChI=1S/C11H12ClN3S/c12-8-6-14-15(11(8)13)9-2-1-3-10-7(9)4-5-16-10/h4-6,9H,1-3,13H2. The number of fused-ring (bicyclic) bond motifs is 1. The molecule has 1 aliphatic rings. The van der Waals surface area contributed by atoms with E-state index in [1.165, 1.54) is 23.3 Å². The molecule has 0 saturated heterocycles. The summed E-state index contributed by atoms with van der Waals surface area (Å²) in [6.07, 6.45) is 5.08. The molecule has 84 valence electrons. The van der Waals surface area contributed by atoms with Crippen LogP contribution in [0.1, 0.15) is 29.3 Å². The molecule has 0 aliphatic heterocycles. The summed E-state index contributed by atoms with van der Waals surface area (Å²) >= 11 is 7.77. The molecular formula is C11H12ClN3S. The zero-order valence-corrected chi connectivity index (χ0v) is 10.3. The molecule has 1 atom stereocenters. The van der Waals surface area contributed by atoms with Crippen molar-refractivity contribution in [1.82, 2.24) is 9.78 Å². The van der Waals surface area contributed by atoms with Crippen molar-refractivity contribution in [3.63, 3.8) is 0 Å². The van der Waals surface area contributed by atoms with Crippen molar-refractivity contribution in [3.8, 4) is 0 Å². The Kier molecular flexibility index (Phi) is 2.41. The number of nitrogens with two attached hydrogens (primary N) is 1. The first-order valence-electron chi connectivity index (χ1n) is 5.32. The maximum absolute atomic E-state index is 5.94. The average Bonchev–Trinajstić information content (AvgIpc) is 2.87. The minimum atomic E-state index is 0.266. The highest BCUT2D eigenvalue weighted by molar-refractivity contribution is 7.10. The number of aromatic nitrogens is 2. The molecule has 0 fully saturated rings. The van der Waals surface area contributed by atoms with E-state index in [0.717, 1.165) is 6.42 Å². The molecule has 2 heterocycles. The molecule has 2 aromatic heterocycles. The summed E-state index contributed by atoms with van der Waals surface area (Å²) in [4.78, 5) is 1.46. The topological polar surface area (TPSA) is 43.8 Å². The first-order chi connectivity index (χ1) is 7.77. The van der Waals surface area contributed by atoms with Crippen molar-refractivity contribution in [2.75, 3.05) is 5.73 Å². The van der Waals surface area contributed by atoms with Crippen LogP contribution in [-0.4, -0.2) is 9.78 Å². The second-order valence-corrected chi connectivity index (χ2v) is 5.44. The first-order valence-corrected chi connectivity index (χ1v) is 6.58. The SMILES string of the molecule is Nc1c(Cl)cnn1C1CCCc2sccc21. The van der Waals surface area contributed by atoms with Crippen molar-refractivity contribution in [2.24, 2.45) is 0 Å². The number of nitrogens with zero attached hydrogens (tertiary/aromatic N) is 2. The van der Waals surface area contributed by atoms with Crippen LogP contribution >= 0.6 is 22.9 Å². The van der Waals surface area contributed by atoms with Crippen LogP contribution in [-0.2, 0) is 6.42 Å². The lowest BCUT2D eigenvalue weighted by molar-refractivity contribution is 0.460. The van der Waals surface area contributed by atoms with Crippen molar-refractivity contribution in [1.29, 1.82) is 0 Å². The van der Waals surface area contributed by atoms with E-state index < -0.39 is 0 Å². The highest BCUT2D eigenvalue weighted by Gasteiger charge is 2.25. The molecule has 0 radical (unpaired) electrons. The van der Waals surface area contributed by atoms with E-state index in [0.29, 0.717) is 10.8 Å². The van der Waals surface area contributed by atoms with Gasteiger partial charge in [-0.05, 0) is 36.3 Å². The van der Waals surface area contributed by atoms with Gasteiger partial charge in [0, 0.05) is 4.88 Å². The van der Waals surface area contributed by atoms with Gasteiger partial charge in [-0.1, -0.05) is 11.6 Å². The van der Waals surface area contributed by atoms with E-state index in [9.17, 15) is 0 Å². The van der Waals surface area contributed by atoms with Crippen LogP contribution in [0.4, 0.5) is 5.82 Å². The van der Waals surface area contributed by atoms with Crippen LogP contribution in [0, 0.1) is 0 Å². The van der Waals surface area contributed by atoms with Crippen molar-refractivity contribution in [3.05, 3.63) is 33.1 Å². The highest BCUT2D eigenvalue weighted by atomic mass is 35.5. The van der Waals surface area contributed by atoms with E-state index in [4.69, 9.17) is 17.3 Å². The number of rotatable bonds is 1. The smallest absolute Gasteiger partial charge is 0.141 e. The number of hydrogen-bond acceptors (Lipinski definition) is 3. The van der Waals surface area contributed by atoms with Gasteiger partial charge in [-0.25, -0.2) is 4.68 Å². The number of nitrogen functional groups attached to an aromatic ring is 1. The van der Waals surface area contributed by atoms with Gasteiger partial charge in [-0.3, -0.25) is 0 Å². The van der Waals surface area contributed by atoms with Gasteiger partial charge < -0.3 is 5.73 Å². The van der Waals surface area contributed by atoms with Gasteiger partial charge in [0.2, 0.25) is 0 Å². The second-order valence-electron chi connectivity index (χ2n) is 4.03. The molecule has 16 heavy (non-hydrogen) atoms. The Balaban J connectivity index is 2.07. The Morgan fingerprint density at radius 3 is 3.19 bits per heavy atom. The van der Waals surface area contributed by atoms with E-state index in [2.05, 4.69) is 16.5 Å². The van der Waals surface area contributed by atoms with E-state index in [1.54, 1.807) is 6.20 Å². The van der Waals surface area contributed by atoms with Crippen molar-refractivity contribution >= 4 is 28.8 Å². The van der Waals surface area contributed by atoms with E-state index in [1.807, 2.05) is 16.0 Å².